The molecule has 3 nitrogen and oxygen atoms in total. The molecule has 1 atom stereocenters. The van der Waals surface area contributed by atoms with Gasteiger partial charge in [0, 0.05) is 28.9 Å². The van der Waals surface area contributed by atoms with E-state index in [2.05, 4.69) is 29.6 Å². The van der Waals surface area contributed by atoms with Crippen molar-refractivity contribution < 1.29 is 9.21 Å². The standard InChI is InChI=1S/C27H20ClNO2/c28-19-9-4-3-8-18(19)23-14-15-24(31-23)27-25-17-7-2-1-6-16(17)12-13-21(25)29-20-10-5-11-22(30)26(20)27/h1-4,6-9,12-15,27,29H,5,10-11H2. The molecule has 1 unspecified atom stereocenters. The Morgan fingerprint density at radius 1 is 0.903 bits per heavy atom. The van der Waals surface area contributed by atoms with Crippen LogP contribution >= 0.6 is 11.6 Å². The van der Waals surface area contributed by atoms with E-state index in [1.807, 2.05) is 48.5 Å². The second-order valence-electron chi connectivity index (χ2n) is 8.16. The van der Waals surface area contributed by atoms with Crippen molar-refractivity contribution in [3.05, 3.63) is 100 Å². The lowest BCUT2D eigenvalue weighted by Gasteiger charge is -2.33. The third-order valence-electron chi connectivity index (χ3n) is 6.34. The van der Waals surface area contributed by atoms with Gasteiger partial charge in [0.15, 0.2) is 5.78 Å². The molecule has 2 aliphatic rings. The average Bonchev–Trinajstić information content (AvgIpc) is 3.27. The average molecular weight is 426 g/mol. The molecule has 0 bridgehead atoms. The Morgan fingerprint density at radius 3 is 2.65 bits per heavy atom. The SMILES string of the molecule is O=C1CCCC2=C1C(c1ccc(-c3ccccc3Cl)o1)c1c(ccc3ccccc13)N2. The first kappa shape index (κ1) is 18.5. The molecule has 0 amide bonds. The van der Waals surface area contributed by atoms with Gasteiger partial charge in [-0.25, -0.2) is 0 Å². The Kier molecular flexibility index (Phi) is 4.25. The Hall–Kier alpha value is -3.30. The molecule has 3 aromatic carbocycles. The van der Waals surface area contributed by atoms with Crippen LogP contribution in [-0.2, 0) is 4.79 Å². The molecule has 0 saturated carbocycles. The van der Waals surface area contributed by atoms with Crippen LogP contribution in [-0.4, -0.2) is 5.78 Å². The van der Waals surface area contributed by atoms with Crippen molar-refractivity contribution in [2.45, 2.75) is 25.2 Å². The van der Waals surface area contributed by atoms with E-state index in [1.54, 1.807) is 0 Å². The molecule has 31 heavy (non-hydrogen) atoms. The fourth-order valence-corrected chi connectivity index (χ4v) is 5.18. The Morgan fingerprint density at radius 2 is 1.74 bits per heavy atom. The number of carbonyl (C=O) groups is 1. The van der Waals surface area contributed by atoms with E-state index in [0.29, 0.717) is 17.2 Å². The summed E-state index contributed by atoms with van der Waals surface area (Å²) in [6.07, 6.45) is 2.33. The number of carbonyl (C=O) groups excluding carboxylic acids is 1. The number of fused-ring (bicyclic) bond motifs is 3. The van der Waals surface area contributed by atoms with Crippen LogP contribution in [0.1, 0.15) is 36.5 Å². The van der Waals surface area contributed by atoms with Gasteiger partial charge in [-0.2, -0.15) is 0 Å². The van der Waals surface area contributed by atoms with Gasteiger partial charge in [-0.1, -0.05) is 54.1 Å². The number of benzene rings is 3. The number of allylic oxidation sites excluding steroid dienone is 2. The second kappa shape index (κ2) is 7.14. The molecule has 1 aromatic heterocycles. The number of halogens is 1. The molecule has 152 valence electrons. The highest BCUT2D eigenvalue weighted by molar-refractivity contribution is 6.33. The molecular weight excluding hydrogens is 406 g/mol. The first-order valence-electron chi connectivity index (χ1n) is 10.6. The summed E-state index contributed by atoms with van der Waals surface area (Å²) in [5, 5.41) is 6.50. The van der Waals surface area contributed by atoms with E-state index in [0.717, 1.165) is 57.5 Å². The summed E-state index contributed by atoms with van der Waals surface area (Å²) in [5.41, 5.74) is 4.88. The number of furan rings is 1. The summed E-state index contributed by atoms with van der Waals surface area (Å²) >= 11 is 6.41. The molecule has 1 N–H and O–H groups in total. The van der Waals surface area contributed by atoms with Crippen molar-refractivity contribution in [1.82, 2.24) is 0 Å². The van der Waals surface area contributed by atoms with Gasteiger partial charge in [-0.05, 0) is 59.5 Å². The van der Waals surface area contributed by atoms with Crippen molar-refractivity contribution in [2.24, 2.45) is 0 Å². The molecule has 0 fully saturated rings. The minimum Gasteiger partial charge on any atom is -0.460 e. The predicted octanol–water partition coefficient (Wildman–Crippen LogP) is 7.32. The van der Waals surface area contributed by atoms with Gasteiger partial charge in [0.25, 0.3) is 0 Å². The Balaban J connectivity index is 1.59. The monoisotopic (exact) mass is 425 g/mol. The molecule has 4 aromatic rings. The van der Waals surface area contributed by atoms with Gasteiger partial charge in [0.1, 0.15) is 11.5 Å². The van der Waals surface area contributed by atoms with Crippen LogP contribution in [0.4, 0.5) is 5.69 Å². The first-order chi connectivity index (χ1) is 15.2. The molecule has 4 heteroatoms. The number of rotatable bonds is 2. The number of ketones is 1. The highest BCUT2D eigenvalue weighted by atomic mass is 35.5. The van der Waals surface area contributed by atoms with E-state index in [1.165, 1.54) is 0 Å². The van der Waals surface area contributed by atoms with Crippen LogP contribution < -0.4 is 5.32 Å². The fraction of sp³-hybridized carbons (Fsp3) is 0.148. The number of anilines is 1. The van der Waals surface area contributed by atoms with Crippen molar-refractivity contribution in [3.8, 4) is 11.3 Å². The van der Waals surface area contributed by atoms with Crippen LogP contribution in [0.15, 0.2) is 88.5 Å². The summed E-state index contributed by atoms with van der Waals surface area (Å²) < 4.78 is 6.39. The molecule has 0 radical (unpaired) electrons. The molecule has 1 aliphatic carbocycles. The van der Waals surface area contributed by atoms with Gasteiger partial charge in [0.05, 0.1) is 10.9 Å². The van der Waals surface area contributed by atoms with Crippen molar-refractivity contribution in [3.63, 3.8) is 0 Å². The maximum absolute atomic E-state index is 13.1. The zero-order valence-corrected chi connectivity index (χ0v) is 17.6. The topological polar surface area (TPSA) is 42.2 Å². The van der Waals surface area contributed by atoms with Gasteiger partial charge in [0.2, 0.25) is 0 Å². The summed E-state index contributed by atoms with van der Waals surface area (Å²) in [6, 6.07) is 24.2. The summed E-state index contributed by atoms with van der Waals surface area (Å²) in [4.78, 5) is 13.1. The highest BCUT2D eigenvalue weighted by Gasteiger charge is 2.37. The van der Waals surface area contributed by atoms with E-state index in [-0.39, 0.29) is 11.7 Å². The number of Topliss-reactive ketones (excluding diaryl/α,β-unsaturated/α-hetero) is 1. The van der Waals surface area contributed by atoms with Gasteiger partial charge in [-0.3, -0.25) is 4.79 Å². The van der Waals surface area contributed by atoms with E-state index in [9.17, 15) is 4.79 Å². The molecule has 0 spiro atoms. The van der Waals surface area contributed by atoms with Gasteiger partial charge < -0.3 is 9.73 Å². The molecular formula is C27H20ClNO2. The molecule has 2 heterocycles. The second-order valence-corrected chi connectivity index (χ2v) is 8.56. The number of nitrogens with one attached hydrogen (secondary N) is 1. The Labute approximate surface area is 185 Å². The number of hydrogen-bond acceptors (Lipinski definition) is 3. The fourth-order valence-electron chi connectivity index (χ4n) is 4.95. The molecule has 1 aliphatic heterocycles. The maximum Gasteiger partial charge on any atom is 0.161 e. The molecule has 0 saturated heterocycles. The van der Waals surface area contributed by atoms with Crippen LogP contribution in [0.3, 0.4) is 0 Å². The van der Waals surface area contributed by atoms with Crippen molar-refractivity contribution >= 4 is 33.8 Å². The van der Waals surface area contributed by atoms with Crippen molar-refractivity contribution in [2.75, 3.05) is 5.32 Å². The zero-order chi connectivity index (χ0) is 20.9. The predicted molar refractivity (Wildman–Crippen MR) is 124 cm³/mol. The number of hydrogen-bond donors (Lipinski definition) is 1. The minimum atomic E-state index is -0.235. The quantitative estimate of drug-likeness (QED) is 0.366. The zero-order valence-electron chi connectivity index (χ0n) is 16.8. The lowest BCUT2D eigenvalue weighted by molar-refractivity contribution is -0.116. The largest absolute Gasteiger partial charge is 0.460 e. The van der Waals surface area contributed by atoms with Crippen LogP contribution in [0.25, 0.3) is 22.1 Å². The van der Waals surface area contributed by atoms with Crippen LogP contribution in [0, 0.1) is 0 Å². The third-order valence-corrected chi connectivity index (χ3v) is 6.67. The van der Waals surface area contributed by atoms with Crippen LogP contribution in [0.5, 0.6) is 0 Å². The van der Waals surface area contributed by atoms with Gasteiger partial charge in [-0.15, -0.1) is 0 Å². The lowest BCUT2D eigenvalue weighted by atomic mass is 9.76. The van der Waals surface area contributed by atoms with E-state index >= 15 is 0 Å². The summed E-state index contributed by atoms with van der Waals surface area (Å²) in [6.45, 7) is 0. The highest BCUT2D eigenvalue weighted by Crippen LogP contribution is 2.48. The van der Waals surface area contributed by atoms with E-state index < -0.39 is 0 Å². The maximum atomic E-state index is 13.1. The van der Waals surface area contributed by atoms with Crippen LogP contribution in [0.2, 0.25) is 5.02 Å². The molecule has 6 rings (SSSR count). The minimum absolute atomic E-state index is 0.202. The summed E-state index contributed by atoms with van der Waals surface area (Å²) in [5.74, 6) is 1.46. The van der Waals surface area contributed by atoms with Crippen molar-refractivity contribution in [1.29, 1.82) is 0 Å². The Bertz CT molecular complexity index is 1380. The summed E-state index contributed by atoms with van der Waals surface area (Å²) in [7, 11) is 0. The smallest absolute Gasteiger partial charge is 0.161 e. The third kappa shape index (κ3) is 2.92. The normalized spacial score (nSPS) is 18.0. The van der Waals surface area contributed by atoms with E-state index in [4.69, 9.17) is 16.0 Å². The lowest BCUT2D eigenvalue weighted by Crippen LogP contribution is -2.26. The first-order valence-corrected chi connectivity index (χ1v) is 11.0. The van der Waals surface area contributed by atoms with Gasteiger partial charge >= 0.3 is 0 Å².